The zero-order valence-corrected chi connectivity index (χ0v) is 5.39. The number of carbonyl (C=O) groups excluding carboxylic acids is 1. The zero-order valence-electron chi connectivity index (χ0n) is 5.39. The Morgan fingerprint density at radius 3 is 2.90 bits per heavy atom. The highest BCUT2D eigenvalue weighted by molar-refractivity contribution is 5.90. The molecule has 0 aromatic heterocycles. The molecule has 0 heterocycles. The lowest BCUT2D eigenvalue weighted by Gasteiger charge is -2.00. The summed E-state index contributed by atoms with van der Waals surface area (Å²) in [4.78, 5) is 10.4. The maximum Gasteiger partial charge on any atom is 0.414 e. The van der Waals surface area contributed by atoms with Crippen LogP contribution in [0.25, 0.3) is 0 Å². The van der Waals surface area contributed by atoms with Gasteiger partial charge < -0.3 is 10.5 Å². The van der Waals surface area contributed by atoms with Gasteiger partial charge in [-0.2, -0.15) is 0 Å². The van der Waals surface area contributed by atoms with E-state index in [1.54, 1.807) is 0 Å². The normalized spacial score (nSPS) is 8.00. The molecule has 0 atom stereocenters. The van der Waals surface area contributed by atoms with E-state index in [1.165, 1.54) is 6.08 Å². The van der Waals surface area contributed by atoms with Crippen molar-refractivity contribution in [2.75, 3.05) is 6.61 Å². The van der Waals surface area contributed by atoms with Crippen LogP contribution >= 0.6 is 0 Å². The molecule has 0 saturated heterocycles. The number of alkyl carbamates (subject to hydrolysis) is 1. The summed E-state index contributed by atoms with van der Waals surface area (Å²) in [7, 11) is 0. The van der Waals surface area contributed by atoms with Crippen molar-refractivity contribution >= 4 is 12.1 Å². The quantitative estimate of drug-likeness (QED) is 0.284. The molecule has 0 aromatic rings. The number of nitrogens with two attached hydrogens (primary N) is 1. The maximum absolute atomic E-state index is 10.4. The van der Waals surface area contributed by atoms with Crippen LogP contribution in [0.1, 0.15) is 0 Å². The summed E-state index contributed by atoms with van der Waals surface area (Å²) in [5.41, 5.74) is 4.81. The molecule has 0 unspecified atom stereocenters. The third-order valence-corrected chi connectivity index (χ3v) is 0.569. The Kier molecular flexibility index (Phi) is 3.70. The molecule has 0 fully saturated rings. The molecule has 0 aliphatic carbocycles. The van der Waals surface area contributed by atoms with Crippen molar-refractivity contribution in [1.82, 2.24) is 5.32 Å². The van der Waals surface area contributed by atoms with E-state index in [4.69, 9.17) is 11.1 Å². The molecule has 56 valence electrons. The first-order valence-corrected chi connectivity index (χ1v) is 2.55. The van der Waals surface area contributed by atoms with E-state index in [0.29, 0.717) is 0 Å². The molecule has 4 N–H and O–H groups in total. The minimum atomic E-state index is -0.743. The molecule has 5 heteroatoms. The van der Waals surface area contributed by atoms with Crippen molar-refractivity contribution < 1.29 is 9.53 Å². The van der Waals surface area contributed by atoms with E-state index < -0.39 is 12.1 Å². The number of ether oxygens (including phenoxy) is 1. The third kappa shape index (κ3) is 4.63. The van der Waals surface area contributed by atoms with Crippen molar-refractivity contribution in [2.45, 2.75) is 0 Å². The summed E-state index contributed by atoms with van der Waals surface area (Å²) in [6.07, 6.45) is 0.673. The van der Waals surface area contributed by atoms with Gasteiger partial charge in [0.05, 0.1) is 0 Å². The van der Waals surface area contributed by atoms with E-state index in [-0.39, 0.29) is 6.61 Å². The lowest BCUT2D eigenvalue weighted by molar-refractivity contribution is 0.164. The molecule has 10 heavy (non-hydrogen) atoms. The molecule has 0 aliphatic heterocycles. The van der Waals surface area contributed by atoms with E-state index >= 15 is 0 Å². The Morgan fingerprint density at radius 2 is 2.50 bits per heavy atom. The van der Waals surface area contributed by atoms with Gasteiger partial charge in [0.2, 0.25) is 0 Å². The molecule has 5 nitrogen and oxygen atoms in total. The smallest absolute Gasteiger partial charge is 0.414 e. The van der Waals surface area contributed by atoms with Crippen LogP contribution in [0, 0.1) is 5.41 Å². The van der Waals surface area contributed by atoms with Gasteiger partial charge in [-0.15, -0.1) is 0 Å². The second kappa shape index (κ2) is 4.37. The van der Waals surface area contributed by atoms with Crippen molar-refractivity contribution in [3.05, 3.63) is 12.7 Å². The molecule has 0 rings (SSSR count). The van der Waals surface area contributed by atoms with Crippen LogP contribution in [-0.2, 0) is 4.74 Å². The molecular formula is C5H9N3O2. The van der Waals surface area contributed by atoms with Crippen LogP contribution in [0.3, 0.4) is 0 Å². The lowest BCUT2D eigenvalue weighted by Crippen LogP contribution is -2.36. The van der Waals surface area contributed by atoms with Crippen LogP contribution in [-0.4, -0.2) is 18.7 Å². The fourth-order valence-corrected chi connectivity index (χ4v) is 0.281. The summed E-state index contributed by atoms with van der Waals surface area (Å²) in [6, 6.07) is 0. The average molecular weight is 143 g/mol. The van der Waals surface area contributed by atoms with Crippen molar-refractivity contribution in [3.8, 4) is 0 Å². The van der Waals surface area contributed by atoms with E-state index in [0.717, 1.165) is 0 Å². The predicted molar refractivity (Wildman–Crippen MR) is 36.6 cm³/mol. The third-order valence-electron chi connectivity index (χ3n) is 0.569. The van der Waals surface area contributed by atoms with Gasteiger partial charge in [0.25, 0.3) is 0 Å². The molecule has 0 saturated carbocycles. The van der Waals surface area contributed by atoms with Gasteiger partial charge in [0.15, 0.2) is 5.96 Å². The summed E-state index contributed by atoms with van der Waals surface area (Å²) in [5.74, 6) is -0.436. The fraction of sp³-hybridized carbons (Fsp3) is 0.200. The van der Waals surface area contributed by atoms with Crippen LogP contribution < -0.4 is 11.1 Å². The van der Waals surface area contributed by atoms with Gasteiger partial charge in [-0.1, -0.05) is 12.7 Å². The fourth-order valence-electron chi connectivity index (χ4n) is 0.281. The van der Waals surface area contributed by atoms with Crippen LogP contribution in [0.2, 0.25) is 0 Å². The highest BCUT2D eigenvalue weighted by atomic mass is 16.5. The van der Waals surface area contributed by atoms with Gasteiger partial charge in [-0.05, 0) is 0 Å². The summed E-state index contributed by atoms with van der Waals surface area (Å²) >= 11 is 0. The Bertz CT molecular complexity index is 155. The van der Waals surface area contributed by atoms with Crippen molar-refractivity contribution in [3.63, 3.8) is 0 Å². The number of nitrogens with one attached hydrogen (secondary N) is 2. The number of guanidine groups is 1. The largest absolute Gasteiger partial charge is 0.445 e. The Hall–Kier alpha value is -1.52. The SMILES string of the molecule is C=CCOC(=O)NC(=N)N. The van der Waals surface area contributed by atoms with Crippen molar-refractivity contribution in [2.24, 2.45) is 5.73 Å². The average Bonchev–Trinajstić information content (AvgIpc) is 1.82. The maximum atomic E-state index is 10.4. The van der Waals surface area contributed by atoms with Gasteiger partial charge in [-0.25, -0.2) is 4.79 Å². The molecule has 1 amide bonds. The molecule has 0 bridgehead atoms. The first-order valence-electron chi connectivity index (χ1n) is 2.55. The van der Waals surface area contributed by atoms with Gasteiger partial charge >= 0.3 is 6.09 Å². The minimum Gasteiger partial charge on any atom is -0.445 e. The standard InChI is InChI=1S/C5H9N3O2/c1-2-3-10-5(9)8-4(6)7/h2H,1,3H2,(H4,6,7,8,9). The number of hydrogen-bond donors (Lipinski definition) is 3. The highest BCUT2D eigenvalue weighted by Crippen LogP contribution is 1.75. The van der Waals surface area contributed by atoms with Crippen LogP contribution in [0.4, 0.5) is 4.79 Å². The second-order valence-corrected chi connectivity index (χ2v) is 1.43. The van der Waals surface area contributed by atoms with Crippen LogP contribution in [0.5, 0.6) is 0 Å². The second-order valence-electron chi connectivity index (χ2n) is 1.43. The highest BCUT2D eigenvalue weighted by Gasteiger charge is 1.98. The number of rotatable bonds is 2. The van der Waals surface area contributed by atoms with E-state index in [1.807, 2.05) is 5.32 Å². The van der Waals surface area contributed by atoms with Crippen molar-refractivity contribution in [1.29, 1.82) is 5.41 Å². The Morgan fingerprint density at radius 1 is 1.90 bits per heavy atom. The number of carbonyl (C=O) groups is 1. The number of amides is 1. The zero-order chi connectivity index (χ0) is 7.98. The van der Waals surface area contributed by atoms with E-state index in [2.05, 4.69) is 11.3 Å². The molecule has 0 aliphatic rings. The monoisotopic (exact) mass is 143 g/mol. The van der Waals surface area contributed by atoms with Gasteiger partial charge in [0, 0.05) is 0 Å². The molecule has 0 aromatic carbocycles. The predicted octanol–water partition coefficient (Wildman–Crippen LogP) is -0.208. The van der Waals surface area contributed by atoms with Gasteiger partial charge in [0.1, 0.15) is 6.61 Å². The minimum absolute atomic E-state index is 0.110. The summed E-state index contributed by atoms with van der Waals surface area (Å²) in [5, 5.41) is 8.53. The van der Waals surface area contributed by atoms with Crippen LogP contribution in [0.15, 0.2) is 12.7 Å². The Balaban J connectivity index is 3.43. The van der Waals surface area contributed by atoms with Gasteiger partial charge in [-0.3, -0.25) is 10.7 Å². The Labute approximate surface area is 58.4 Å². The summed E-state index contributed by atoms with van der Waals surface area (Å²) in [6.45, 7) is 3.43. The first kappa shape index (κ1) is 8.48. The number of hydrogen-bond acceptors (Lipinski definition) is 3. The lowest BCUT2D eigenvalue weighted by atomic mass is 10.7. The molecule has 0 spiro atoms. The molecule has 0 radical (unpaired) electrons. The first-order chi connectivity index (χ1) is 4.66. The summed E-state index contributed by atoms with van der Waals surface area (Å²) < 4.78 is 4.41. The molecular weight excluding hydrogens is 134 g/mol. The van der Waals surface area contributed by atoms with E-state index in [9.17, 15) is 4.79 Å². The topological polar surface area (TPSA) is 88.2 Å².